The molecule has 0 unspecified atom stereocenters. The van der Waals surface area contributed by atoms with Gasteiger partial charge in [0.2, 0.25) is 5.91 Å². The average molecular weight is 416 g/mol. The highest BCUT2D eigenvalue weighted by atomic mass is 19.1. The summed E-state index contributed by atoms with van der Waals surface area (Å²) < 4.78 is 21.1. The Kier molecular flexibility index (Phi) is 3.99. The van der Waals surface area contributed by atoms with Crippen LogP contribution < -0.4 is 4.74 Å². The van der Waals surface area contributed by atoms with E-state index in [0.717, 1.165) is 28.9 Å². The molecule has 2 saturated carbocycles. The molecule has 6 rings (SSSR count). The molecule has 3 heterocycles. The van der Waals surface area contributed by atoms with E-state index in [1.165, 1.54) is 5.56 Å². The lowest BCUT2D eigenvalue weighted by molar-refractivity contribution is -0.142. The number of carbonyl (C=O) groups is 1. The molecule has 0 spiro atoms. The summed E-state index contributed by atoms with van der Waals surface area (Å²) >= 11 is 0. The monoisotopic (exact) mass is 416 g/mol. The van der Waals surface area contributed by atoms with Crippen LogP contribution in [0.1, 0.15) is 66.8 Å². The van der Waals surface area contributed by atoms with Crippen molar-refractivity contribution in [1.29, 1.82) is 0 Å². The van der Waals surface area contributed by atoms with Gasteiger partial charge in [-0.1, -0.05) is 29.5 Å². The number of likely N-dealkylation sites (tertiary alicyclic amines) is 1. The highest BCUT2D eigenvalue weighted by Crippen LogP contribution is 2.60. The molecule has 4 bridgehead atoms. The van der Waals surface area contributed by atoms with Gasteiger partial charge in [0.1, 0.15) is 17.5 Å². The second-order valence-corrected chi connectivity index (χ2v) is 9.78. The summed E-state index contributed by atoms with van der Waals surface area (Å²) in [6, 6.07) is 8.04. The molecular weight excluding hydrogens is 391 g/mol. The molecule has 1 amide bonds. The summed E-state index contributed by atoms with van der Waals surface area (Å²) in [7, 11) is 0. The molecule has 2 aliphatic carbocycles. The van der Waals surface area contributed by atoms with Crippen molar-refractivity contribution in [3.63, 3.8) is 0 Å². The summed E-state index contributed by atoms with van der Waals surface area (Å²) in [6.45, 7) is 2.61. The van der Waals surface area contributed by atoms with Crippen molar-refractivity contribution >= 4 is 5.91 Å². The molecule has 2 aromatic rings. The fourth-order valence-electron chi connectivity index (χ4n) is 6.00. The molecular formula is C26H25FN2O2. The fraction of sp³-hybridized carbons (Fsp3) is 0.462. The third kappa shape index (κ3) is 2.96. The molecule has 3 fully saturated rings. The lowest BCUT2D eigenvalue weighted by atomic mass is 9.82. The van der Waals surface area contributed by atoms with E-state index in [1.54, 1.807) is 12.4 Å². The van der Waals surface area contributed by atoms with Crippen molar-refractivity contribution in [3.8, 4) is 17.6 Å². The van der Waals surface area contributed by atoms with E-state index in [0.29, 0.717) is 38.6 Å². The van der Waals surface area contributed by atoms with Crippen LogP contribution in [0.15, 0.2) is 36.7 Å². The van der Waals surface area contributed by atoms with Crippen LogP contribution in [-0.4, -0.2) is 34.1 Å². The van der Waals surface area contributed by atoms with Gasteiger partial charge in [0.05, 0.1) is 23.6 Å². The number of pyridine rings is 1. The van der Waals surface area contributed by atoms with Gasteiger partial charge in [-0.25, -0.2) is 4.39 Å². The smallest absolute Gasteiger partial charge is 0.229 e. The number of alkyl halides is 1. The van der Waals surface area contributed by atoms with Gasteiger partial charge in [0.25, 0.3) is 0 Å². The number of ether oxygens (including phenoxy) is 1. The zero-order chi connectivity index (χ0) is 21.2. The topological polar surface area (TPSA) is 42.4 Å². The molecule has 0 radical (unpaired) electrons. The Balaban J connectivity index is 1.31. The summed E-state index contributed by atoms with van der Waals surface area (Å²) in [5.41, 5.74) is 2.18. The lowest BCUT2D eigenvalue weighted by Gasteiger charge is -2.33. The number of halogens is 1. The van der Waals surface area contributed by atoms with Crippen molar-refractivity contribution in [2.45, 2.75) is 63.3 Å². The van der Waals surface area contributed by atoms with Crippen LogP contribution in [0.25, 0.3) is 0 Å². The highest BCUT2D eigenvalue weighted by Gasteiger charge is 2.61. The van der Waals surface area contributed by atoms with Gasteiger partial charge < -0.3 is 9.64 Å². The average Bonchev–Trinajstić information content (AvgIpc) is 3.42. The van der Waals surface area contributed by atoms with E-state index in [9.17, 15) is 9.18 Å². The predicted octanol–water partition coefficient (Wildman–Crippen LogP) is 4.50. The van der Waals surface area contributed by atoms with Gasteiger partial charge >= 0.3 is 0 Å². The van der Waals surface area contributed by atoms with Crippen LogP contribution in [0, 0.1) is 24.2 Å². The molecule has 1 aromatic carbocycles. The summed E-state index contributed by atoms with van der Waals surface area (Å²) in [5.74, 6) is 7.28. The van der Waals surface area contributed by atoms with Crippen LogP contribution in [0.3, 0.4) is 0 Å². The SMILES string of the molecule is Cc1ccc(C#Cc2cncc3c2O[C@H]2C[C@@H]3N(C(=O)C34CCC(F)(CC3)C4)C2)cc1. The van der Waals surface area contributed by atoms with Crippen molar-refractivity contribution < 1.29 is 13.9 Å². The number of hydrogen-bond donors (Lipinski definition) is 0. The predicted molar refractivity (Wildman–Crippen MR) is 114 cm³/mol. The van der Waals surface area contributed by atoms with Crippen LogP contribution in [0.5, 0.6) is 5.75 Å². The standard InChI is InChI=1S/C26H25FN2O2/c1-17-2-4-18(5-3-17)6-7-19-13-28-14-21-22-12-20(31-23(19)21)15-29(22)24(30)25-8-10-26(27,16-25)11-9-25/h2-5,13-14,20,22H,8-12,15-16H2,1H3/t20-,22-,25?,26?/m0/s1. The Labute approximate surface area is 181 Å². The number of carbonyl (C=O) groups excluding carboxylic acids is 1. The number of benzene rings is 1. The van der Waals surface area contributed by atoms with E-state index in [2.05, 4.69) is 23.7 Å². The zero-order valence-corrected chi connectivity index (χ0v) is 17.7. The van der Waals surface area contributed by atoms with Gasteiger partial charge in [-0.2, -0.15) is 0 Å². The molecule has 2 aliphatic heterocycles. The van der Waals surface area contributed by atoms with Crippen molar-refractivity contribution in [2.24, 2.45) is 5.41 Å². The molecule has 2 atom stereocenters. The number of fused-ring (bicyclic) bond motifs is 6. The van der Waals surface area contributed by atoms with Crippen LogP contribution in [0.4, 0.5) is 4.39 Å². The maximum Gasteiger partial charge on any atom is 0.229 e. The Morgan fingerprint density at radius 3 is 2.65 bits per heavy atom. The van der Waals surface area contributed by atoms with Crippen molar-refractivity contribution in [1.82, 2.24) is 9.88 Å². The van der Waals surface area contributed by atoms with E-state index in [1.807, 2.05) is 29.2 Å². The highest BCUT2D eigenvalue weighted by molar-refractivity contribution is 5.85. The zero-order valence-electron chi connectivity index (χ0n) is 17.7. The summed E-state index contributed by atoms with van der Waals surface area (Å²) in [4.78, 5) is 20.0. The fourth-order valence-corrected chi connectivity index (χ4v) is 6.00. The third-order valence-electron chi connectivity index (χ3n) is 7.70. The Morgan fingerprint density at radius 2 is 1.94 bits per heavy atom. The summed E-state index contributed by atoms with van der Waals surface area (Å²) in [6.07, 6.45) is 7.04. The first-order valence-corrected chi connectivity index (χ1v) is 11.2. The van der Waals surface area contributed by atoms with Crippen molar-refractivity contribution in [2.75, 3.05) is 6.54 Å². The molecule has 31 heavy (non-hydrogen) atoms. The minimum absolute atomic E-state index is 0.0434. The minimum atomic E-state index is -1.13. The normalized spacial score (nSPS) is 32.3. The third-order valence-corrected chi connectivity index (χ3v) is 7.70. The number of aromatic nitrogens is 1. The number of amides is 1. The minimum Gasteiger partial charge on any atom is -0.487 e. The second-order valence-electron chi connectivity index (χ2n) is 9.78. The molecule has 1 saturated heterocycles. The van der Waals surface area contributed by atoms with Gasteiger partial charge in [0, 0.05) is 29.9 Å². The molecule has 1 aromatic heterocycles. The van der Waals surface area contributed by atoms with Gasteiger partial charge in [-0.3, -0.25) is 9.78 Å². The van der Waals surface area contributed by atoms with Gasteiger partial charge in [0.15, 0.2) is 0 Å². The molecule has 158 valence electrons. The van der Waals surface area contributed by atoms with Crippen molar-refractivity contribution in [3.05, 3.63) is 58.9 Å². The number of rotatable bonds is 1. The van der Waals surface area contributed by atoms with E-state index in [4.69, 9.17) is 4.74 Å². The first kappa shape index (κ1) is 18.9. The van der Waals surface area contributed by atoms with Crippen LogP contribution in [0.2, 0.25) is 0 Å². The lowest BCUT2D eigenvalue weighted by Crippen LogP contribution is -2.41. The first-order valence-electron chi connectivity index (χ1n) is 11.2. The summed E-state index contributed by atoms with van der Waals surface area (Å²) in [5, 5.41) is 0. The maximum absolute atomic E-state index is 14.8. The molecule has 0 N–H and O–H groups in total. The maximum atomic E-state index is 14.8. The Morgan fingerprint density at radius 1 is 1.16 bits per heavy atom. The van der Waals surface area contributed by atoms with Gasteiger partial charge in [-0.15, -0.1) is 0 Å². The van der Waals surface area contributed by atoms with Gasteiger partial charge in [-0.05, 0) is 51.2 Å². The van der Waals surface area contributed by atoms with E-state index >= 15 is 0 Å². The number of hydrogen-bond acceptors (Lipinski definition) is 3. The second kappa shape index (κ2) is 6.56. The Hall–Kier alpha value is -2.87. The number of nitrogens with zero attached hydrogens (tertiary/aromatic N) is 2. The van der Waals surface area contributed by atoms with Crippen LogP contribution >= 0.6 is 0 Å². The number of aryl methyl sites for hydroxylation is 1. The molecule has 4 aliphatic rings. The van der Waals surface area contributed by atoms with E-state index in [-0.39, 0.29) is 18.1 Å². The largest absolute Gasteiger partial charge is 0.487 e. The molecule has 5 heteroatoms. The Bertz CT molecular complexity index is 1120. The molecule has 4 nitrogen and oxygen atoms in total. The van der Waals surface area contributed by atoms with E-state index < -0.39 is 11.1 Å². The van der Waals surface area contributed by atoms with Crippen LogP contribution in [-0.2, 0) is 4.79 Å². The first-order chi connectivity index (χ1) is 14.9. The quantitative estimate of drug-likeness (QED) is 0.643.